The Balaban J connectivity index is 1.82. The van der Waals surface area contributed by atoms with Gasteiger partial charge in [0.05, 0.1) is 17.3 Å². The lowest BCUT2D eigenvalue weighted by atomic mass is 10.3. The number of halogens is 2. The van der Waals surface area contributed by atoms with E-state index in [1.807, 2.05) is 36.4 Å². The first-order valence-electron chi connectivity index (χ1n) is 6.71. The normalized spacial score (nSPS) is 10.1. The largest absolute Gasteiger partial charge is 0.492 e. The molecular formula is C16H16BrClN2O2. The highest BCUT2D eigenvalue weighted by Gasteiger charge is 2.11. The predicted octanol–water partition coefficient (Wildman–Crippen LogP) is 4.65. The fraction of sp³-hybridized carbons (Fsp3) is 0.188. The van der Waals surface area contributed by atoms with Crippen LogP contribution in [0.15, 0.2) is 53.0 Å². The molecule has 0 fully saturated rings. The summed E-state index contributed by atoms with van der Waals surface area (Å²) in [7, 11) is 1.70. The van der Waals surface area contributed by atoms with Gasteiger partial charge in [0.25, 0.3) is 0 Å². The second-order valence-electron chi connectivity index (χ2n) is 4.64. The second-order valence-corrected chi connectivity index (χ2v) is 5.96. The van der Waals surface area contributed by atoms with Crippen molar-refractivity contribution in [3.05, 3.63) is 58.0 Å². The standard InChI is InChI=1S/C16H16BrClN2O2/c1-20(9-10-22-13-5-3-2-4-6-13)16(21)19-15-8-7-12(17)11-14(15)18/h2-8,11H,9-10H2,1H3,(H,19,21). The van der Waals surface area contributed by atoms with Crippen molar-refractivity contribution in [1.82, 2.24) is 4.90 Å². The maximum absolute atomic E-state index is 12.1. The molecule has 0 aromatic heterocycles. The molecule has 2 rings (SSSR count). The Kier molecular flexibility index (Phi) is 6.10. The lowest BCUT2D eigenvalue weighted by Crippen LogP contribution is -2.34. The zero-order valence-electron chi connectivity index (χ0n) is 12.1. The van der Waals surface area contributed by atoms with E-state index >= 15 is 0 Å². The zero-order valence-corrected chi connectivity index (χ0v) is 14.4. The zero-order chi connectivity index (χ0) is 15.9. The van der Waals surface area contributed by atoms with Crippen molar-refractivity contribution >= 4 is 39.2 Å². The summed E-state index contributed by atoms with van der Waals surface area (Å²) in [5, 5.41) is 3.25. The number of anilines is 1. The average molecular weight is 384 g/mol. The van der Waals surface area contributed by atoms with Crippen LogP contribution in [-0.4, -0.2) is 31.1 Å². The number of rotatable bonds is 5. The van der Waals surface area contributed by atoms with E-state index in [0.29, 0.717) is 23.9 Å². The monoisotopic (exact) mass is 382 g/mol. The smallest absolute Gasteiger partial charge is 0.321 e. The molecule has 0 saturated heterocycles. The van der Waals surface area contributed by atoms with Crippen LogP contribution < -0.4 is 10.1 Å². The van der Waals surface area contributed by atoms with E-state index in [2.05, 4.69) is 21.2 Å². The summed E-state index contributed by atoms with van der Waals surface area (Å²) in [6.45, 7) is 0.886. The number of amides is 2. The van der Waals surface area contributed by atoms with Crippen molar-refractivity contribution in [3.63, 3.8) is 0 Å². The number of urea groups is 1. The minimum atomic E-state index is -0.235. The van der Waals surface area contributed by atoms with Crippen LogP contribution in [0.4, 0.5) is 10.5 Å². The van der Waals surface area contributed by atoms with Crippen LogP contribution in [0.5, 0.6) is 5.75 Å². The van der Waals surface area contributed by atoms with E-state index in [4.69, 9.17) is 16.3 Å². The van der Waals surface area contributed by atoms with Gasteiger partial charge in [0.15, 0.2) is 0 Å². The molecule has 1 N–H and O–H groups in total. The minimum absolute atomic E-state index is 0.235. The van der Waals surface area contributed by atoms with E-state index in [9.17, 15) is 4.79 Å². The molecule has 0 radical (unpaired) electrons. The SMILES string of the molecule is CN(CCOc1ccccc1)C(=O)Nc1ccc(Br)cc1Cl. The molecule has 0 unspecified atom stereocenters. The molecule has 4 nitrogen and oxygen atoms in total. The van der Waals surface area contributed by atoms with E-state index in [-0.39, 0.29) is 6.03 Å². The van der Waals surface area contributed by atoms with Gasteiger partial charge in [-0.2, -0.15) is 0 Å². The van der Waals surface area contributed by atoms with Crippen molar-refractivity contribution in [1.29, 1.82) is 0 Å². The lowest BCUT2D eigenvalue weighted by molar-refractivity contribution is 0.207. The molecule has 0 aliphatic heterocycles. The molecule has 0 spiro atoms. The number of hydrogen-bond acceptors (Lipinski definition) is 2. The maximum atomic E-state index is 12.1. The first-order chi connectivity index (χ1) is 10.6. The van der Waals surface area contributed by atoms with Gasteiger partial charge in [-0.15, -0.1) is 0 Å². The van der Waals surface area contributed by atoms with Gasteiger partial charge in [-0.05, 0) is 30.3 Å². The molecular weight excluding hydrogens is 368 g/mol. The highest BCUT2D eigenvalue weighted by atomic mass is 79.9. The summed E-state index contributed by atoms with van der Waals surface area (Å²) < 4.78 is 6.42. The van der Waals surface area contributed by atoms with Crippen LogP contribution in [0.3, 0.4) is 0 Å². The third kappa shape index (κ3) is 4.93. The summed E-state index contributed by atoms with van der Waals surface area (Å²) in [5.74, 6) is 0.785. The van der Waals surface area contributed by atoms with Crippen LogP contribution in [0.2, 0.25) is 5.02 Å². The molecule has 2 aromatic rings. The van der Waals surface area contributed by atoms with Gasteiger partial charge >= 0.3 is 6.03 Å². The Labute approximate surface area is 143 Å². The summed E-state index contributed by atoms with van der Waals surface area (Å²) in [6.07, 6.45) is 0. The Bertz CT molecular complexity index is 637. The van der Waals surface area contributed by atoms with Crippen molar-refractivity contribution in [2.45, 2.75) is 0 Å². The van der Waals surface area contributed by atoms with Crippen molar-refractivity contribution < 1.29 is 9.53 Å². The number of nitrogens with zero attached hydrogens (tertiary/aromatic N) is 1. The third-order valence-corrected chi connectivity index (χ3v) is 3.76. The first kappa shape index (κ1) is 16.6. The second kappa shape index (κ2) is 8.06. The molecule has 2 aromatic carbocycles. The Morgan fingerprint density at radius 2 is 2.00 bits per heavy atom. The highest BCUT2D eigenvalue weighted by Crippen LogP contribution is 2.25. The summed E-state index contributed by atoms with van der Waals surface area (Å²) in [4.78, 5) is 13.6. The van der Waals surface area contributed by atoms with E-state index < -0.39 is 0 Å². The predicted molar refractivity (Wildman–Crippen MR) is 92.7 cm³/mol. The number of ether oxygens (including phenoxy) is 1. The molecule has 0 heterocycles. The number of para-hydroxylation sites is 1. The van der Waals surface area contributed by atoms with Gasteiger partial charge in [0.2, 0.25) is 0 Å². The molecule has 0 aliphatic rings. The molecule has 0 saturated carbocycles. The van der Waals surface area contributed by atoms with Crippen LogP contribution >= 0.6 is 27.5 Å². The van der Waals surface area contributed by atoms with Gasteiger partial charge in [0.1, 0.15) is 12.4 Å². The van der Waals surface area contributed by atoms with Crippen LogP contribution in [-0.2, 0) is 0 Å². The molecule has 6 heteroatoms. The fourth-order valence-corrected chi connectivity index (χ4v) is 2.44. The van der Waals surface area contributed by atoms with E-state index in [0.717, 1.165) is 10.2 Å². The Morgan fingerprint density at radius 3 is 2.68 bits per heavy atom. The number of carbonyl (C=O) groups excluding carboxylic acids is 1. The Hall–Kier alpha value is -1.72. The molecule has 0 bridgehead atoms. The van der Waals surface area contributed by atoms with Gasteiger partial charge in [0, 0.05) is 11.5 Å². The number of hydrogen-bond donors (Lipinski definition) is 1. The number of nitrogens with one attached hydrogen (secondary N) is 1. The molecule has 0 atom stereocenters. The quantitative estimate of drug-likeness (QED) is 0.817. The van der Waals surface area contributed by atoms with Gasteiger partial charge in [-0.1, -0.05) is 45.7 Å². The molecule has 0 aliphatic carbocycles. The fourth-order valence-electron chi connectivity index (χ4n) is 1.72. The number of carbonyl (C=O) groups is 1. The maximum Gasteiger partial charge on any atom is 0.321 e. The number of benzene rings is 2. The van der Waals surface area contributed by atoms with E-state index in [1.54, 1.807) is 24.1 Å². The minimum Gasteiger partial charge on any atom is -0.492 e. The van der Waals surface area contributed by atoms with Crippen LogP contribution in [0, 0.1) is 0 Å². The van der Waals surface area contributed by atoms with E-state index in [1.165, 1.54) is 0 Å². The van der Waals surface area contributed by atoms with Crippen molar-refractivity contribution in [3.8, 4) is 5.75 Å². The molecule has 22 heavy (non-hydrogen) atoms. The van der Waals surface area contributed by atoms with Crippen molar-refractivity contribution in [2.24, 2.45) is 0 Å². The topological polar surface area (TPSA) is 41.6 Å². The first-order valence-corrected chi connectivity index (χ1v) is 7.88. The third-order valence-electron chi connectivity index (χ3n) is 2.96. The average Bonchev–Trinajstić information content (AvgIpc) is 2.51. The molecule has 116 valence electrons. The summed E-state index contributed by atoms with van der Waals surface area (Å²) >= 11 is 9.40. The molecule has 2 amide bonds. The van der Waals surface area contributed by atoms with Crippen molar-refractivity contribution in [2.75, 3.05) is 25.5 Å². The lowest BCUT2D eigenvalue weighted by Gasteiger charge is -2.18. The van der Waals surface area contributed by atoms with Gasteiger partial charge in [-0.25, -0.2) is 4.79 Å². The van der Waals surface area contributed by atoms with Gasteiger partial charge < -0.3 is 15.0 Å². The van der Waals surface area contributed by atoms with Crippen LogP contribution in [0.1, 0.15) is 0 Å². The van der Waals surface area contributed by atoms with Crippen LogP contribution in [0.25, 0.3) is 0 Å². The highest BCUT2D eigenvalue weighted by molar-refractivity contribution is 9.10. The summed E-state index contributed by atoms with van der Waals surface area (Å²) in [5.41, 5.74) is 0.575. The summed E-state index contributed by atoms with van der Waals surface area (Å²) in [6, 6.07) is 14.6. The Morgan fingerprint density at radius 1 is 1.27 bits per heavy atom. The van der Waals surface area contributed by atoms with Gasteiger partial charge in [-0.3, -0.25) is 0 Å². The number of likely N-dealkylation sites (N-methyl/N-ethyl adjacent to an activating group) is 1.